The zero-order valence-corrected chi connectivity index (χ0v) is 8.61. The van der Waals surface area contributed by atoms with Crippen LogP contribution in [0.1, 0.15) is 51.4 Å². The fraction of sp³-hybridized carbons (Fsp3) is 0.778. The molecule has 0 saturated heterocycles. The Hall–Kier alpha value is -0.900. The van der Waals surface area contributed by atoms with Crippen molar-refractivity contribution in [2.24, 2.45) is 11.7 Å². The number of hydrogen-bond acceptors (Lipinski definition) is 4. The fourth-order valence-electron chi connectivity index (χ4n) is 0.902. The summed E-state index contributed by atoms with van der Waals surface area (Å²) in [6, 6.07) is -0.153. The van der Waals surface area contributed by atoms with Crippen LogP contribution in [0.3, 0.4) is 0 Å². The summed E-state index contributed by atoms with van der Waals surface area (Å²) in [5, 5.41) is 3.85. The Labute approximate surface area is 78.5 Å². The van der Waals surface area contributed by atoms with Crippen LogP contribution in [-0.2, 0) is 0 Å². The zero-order chi connectivity index (χ0) is 10.0. The van der Waals surface area contributed by atoms with Crippen molar-refractivity contribution in [3.63, 3.8) is 0 Å². The SMILES string of the molecule is CC(C)c1noc([C@H](N)C(C)C)n1. The van der Waals surface area contributed by atoms with Gasteiger partial charge in [-0.25, -0.2) is 0 Å². The Morgan fingerprint density at radius 3 is 2.23 bits per heavy atom. The van der Waals surface area contributed by atoms with Gasteiger partial charge in [0, 0.05) is 5.92 Å². The molecule has 1 rings (SSSR count). The maximum atomic E-state index is 5.86. The Morgan fingerprint density at radius 1 is 1.23 bits per heavy atom. The second-order valence-corrected chi connectivity index (χ2v) is 3.92. The van der Waals surface area contributed by atoms with Crippen molar-refractivity contribution in [3.05, 3.63) is 11.7 Å². The molecule has 1 atom stereocenters. The normalized spacial score (nSPS) is 14.1. The largest absolute Gasteiger partial charge is 0.338 e. The molecule has 0 saturated carbocycles. The molecule has 13 heavy (non-hydrogen) atoms. The first-order valence-electron chi connectivity index (χ1n) is 4.61. The van der Waals surface area contributed by atoms with Crippen LogP contribution in [0.2, 0.25) is 0 Å². The van der Waals surface area contributed by atoms with Gasteiger partial charge in [0.1, 0.15) is 0 Å². The quantitative estimate of drug-likeness (QED) is 0.776. The third-order valence-electron chi connectivity index (χ3n) is 1.98. The molecule has 0 aliphatic carbocycles. The summed E-state index contributed by atoms with van der Waals surface area (Å²) in [6.45, 7) is 8.11. The van der Waals surface area contributed by atoms with Gasteiger partial charge in [-0.1, -0.05) is 32.9 Å². The van der Waals surface area contributed by atoms with Gasteiger partial charge in [0.05, 0.1) is 6.04 Å². The summed E-state index contributed by atoms with van der Waals surface area (Å²) < 4.78 is 5.06. The molecule has 0 aliphatic heterocycles. The molecular formula is C9H17N3O. The summed E-state index contributed by atoms with van der Waals surface area (Å²) in [5.74, 6) is 1.88. The lowest BCUT2D eigenvalue weighted by Crippen LogP contribution is -2.17. The van der Waals surface area contributed by atoms with Crippen molar-refractivity contribution in [1.82, 2.24) is 10.1 Å². The zero-order valence-electron chi connectivity index (χ0n) is 8.61. The Morgan fingerprint density at radius 2 is 1.85 bits per heavy atom. The molecular weight excluding hydrogens is 166 g/mol. The molecule has 0 spiro atoms. The highest BCUT2D eigenvalue weighted by atomic mass is 16.5. The molecule has 2 N–H and O–H groups in total. The van der Waals surface area contributed by atoms with E-state index in [0.29, 0.717) is 11.8 Å². The van der Waals surface area contributed by atoms with E-state index in [4.69, 9.17) is 10.3 Å². The number of nitrogens with zero attached hydrogens (tertiary/aromatic N) is 2. The lowest BCUT2D eigenvalue weighted by Gasteiger charge is -2.09. The molecule has 4 heteroatoms. The monoisotopic (exact) mass is 183 g/mol. The van der Waals surface area contributed by atoms with Gasteiger partial charge in [-0.2, -0.15) is 4.98 Å². The molecule has 0 radical (unpaired) electrons. The fourth-order valence-corrected chi connectivity index (χ4v) is 0.902. The van der Waals surface area contributed by atoms with Gasteiger partial charge in [-0.05, 0) is 5.92 Å². The first-order chi connectivity index (χ1) is 6.02. The number of aromatic nitrogens is 2. The molecule has 0 aliphatic rings. The molecule has 0 bridgehead atoms. The third kappa shape index (κ3) is 2.28. The minimum Gasteiger partial charge on any atom is -0.338 e. The Bertz CT molecular complexity index is 268. The first-order valence-corrected chi connectivity index (χ1v) is 4.61. The second kappa shape index (κ2) is 3.87. The van der Waals surface area contributed by atoms with Crippen molar-refractivity contribution >= 4 is 0 Å². The predicted octanol–water partition coefficient (Wildman–Crippen LogP) is 1.85. The molecule has 1 aromatic rings. The van der Waals surface area contributed by atoms with Crippen molar-refractivity contribution in [2.75, 3.05) is 0 Å². The summed E-state index contributed by atoms with van der Waals surface area (Å²) in [4.78, 5) is 4.23. The average molecular weight is 183 g/mol. The van der Waals surface area contributed by atoms with Gasteiger partial charge < -0.3 is 10.3 Å². The first kappa shape index (κ1) is 10.2. The van der Waals surface area contributed by atoms with Crippen LogP contribution in [0.5, 0.6) is 0 Å². The molecule has 74 valence electrons. The van der Waals surface area contributed by atoms with Crippen molar-refractivity contribution in [2.45, 2.75) is 39.7 Å². The highest BCUT2D eigenvalue weighted by Crippen LogP contribution is 2.18. The maximum absolute atomic E-state index is 5.86. The molecule has 0 aromatic carbocycles. The lowest BCUT2D eigenvalue weighted by atomic mass is 10.1. The van der Waals surface area contributed by atoms with Gasteiger partial charge >= 0.3 is 0 Å². The topological polar surface area (TPSA) is 64.9 Å². The minimum atomic E-state index is -0.153. The van der Waals surface area contributed by atoms with Crippen LogP contribution in [0.25, 0.3) is 0 Å². The van der Waals surface area contributed by atoms with Crippen LogP contribution in [0.15, 0.2) is 4.52 Å². The van der Waals surface area contributed by atoms with Crippen LogP contribution in [-0.4, -0.2) is 10.1 Å². The third-order valence-corrected chi connectivity index (χ3v) is 1.98. The van der Waals surface area contributed by atoms with Crippen molar-refractivity contribution in [1.29, 1.82) is 0 Å². The second-order valence-electron chi connectivity index (χ2n) is 3.92. The van der Waals surface area contributed by atoms with E-state index in [2.05, 4.69) is 10.1 Å². The number of rotatable bonds is 3. The standard InChI is InChI=1S/C9H17N3O/c1-5(2)7(10)9-11-8(6(3)4)12-13-9/h5-7H,10H2,1-4H3/t7-/m1/s1. The van der Waals surface area contributed by atoms with Gasteiger partial charge in [-0.15, -0.1) is 0 Å². The lowest BCUT2D eigenvalue weighted by molar-refractivity contribution is 0.321. The van der Waals surface area contributed by atoms with Crippen LogP contribution >= 0.6 is 0 Å². The van der Waals surface area contributed by atoms with Gasteiger partial charge in [0.2, 0.25) is 5.89 Å². The van der Waals surface area contributed by atoms with E-state index >= 15 is 0 Å². The van der Waals surface area contributed by atoms with E-state index in [-0.39, 0.29) is 12.0 Å². The van der Waals surface area contributed by atoms with Crippen molar-refractivity contribution < 1.29 is 4.52 Å². The highest BCUT2D eigenvalue weighted by molar-refractivity contribution is 4.96. The maximum Gasteiger partial charge on any atom is 0.243 e. The summed E-state index contributed by atoms with van der Waals surface area (Å²) >= 11 is 0. The summed E-state index contributed by atoms with van der Waals surface area (Å²) in [6.07, 6.45) is 0. The molecule has 4 nitrogen and oxygen atoms in total. The Balaban J connectivity index is 2.79. The molecule has 0 fully saturated rings. The van der Waals surface area contributed by atoms with Gasteiger partial charge in [0.15, 0.2) is 5.82 Å². The molecule has 0 amide bonds. The minimum absolute atomic E-state index is 0.153. The van der Waals surface area contributed by atoms with Crippen molar-refractivity contribution in [3.8, 4) is 0 Å². The van der Waals surface area contributed by atoms with E-state index in [1.54, 1.807) is 0 Å². The smallest absolute Gasteiger partial charge is 0.243 e. The summed E-state index contributed by atoms with van der Waals surface area (Å²) in [7, 11) is 0. The van der Waals surface area contributed by atoms with E-state index in [1.165, 1.54) is 0 Å². The van der Waals surface area contributed by atoms with Gasteiger partial charge in [0.25, 0.3) is 0 Å². The van der Waals surface area contributed by atoms with E-state index in [9.17, 15) is 0 Å². The average Bonchev–Trinajstić information content (AvgIpc) is 2.50. The van der Waals surface area contributed by atoms with Crippen LogP contribution in [0.4, 0.5) is 0 Å². The van der Waals surface area contributed by atoms with Crippen LogP contribution < -0.4 is 5.73 Å². The van der Waals surface area contributed by atoms with E-state index in [1.807, 2.05) is 27.7 Å². The van der Waals surface area contributed by atoms with Gasteiger partial charge in [-0.3, -0.25) is 0 Å². The van der Waals surface area contributed by atoms with E-state index < -0.39 is 0 Å². The summed E-state index contributed by atoms with van der Waals surface area (Å²) in [5.41, 5.74) is 5.86. The highest BCUT2D eigenvalue weighted by Gasteiger charge is 2.18. The van der Waals surface area contributed by atoms with E-state index in [0.717, 1.165) is 5.82 Å². The van der Waals surface area contributed by atoms with Crippen LogP contribution in [0, 0.1) is 5.92 Å². The number of nitrogens with two attached hydrogens (primary N) is 1. The number of hydrogen-bond donors (Lipinski definition) is 1. The Kier molecular flexibility index (Phi) is 3.03. The predicted molar refractivity (Wildman–Crippen MR) is 50.2 cm³/mol. The molecule has 1 heterocycles. The molecule has 0 unspecified atom stereocenters. The molecule has 1 aromatic heterocycles.